The molecule has 0 atom stereocenters. The monoisotopic (exact) mass is 235 g/mol. The van der Waals surface area contributed by atoms with Crippen molar-refractivity contribution in [3.05, 3.63) is 29.8 Å². The lowest BCUT2D eigenvalue weighted by Crippen LogP contribution is -2.15. The second-order valence-electron chi connectivity index (χ2n) is 5.51. The van der Waals surface area contributed by atoms with E-state index in [1.807, 2.05) is 0 Å². The molecule has 1 aromatic rings. The highest BCUT2D eigenvalue weighted by atomic mass is 16.2. The predicted octanol–water partition coefficient (Wildman–Crippen LogP) is 3.56. The number of benzene rings is 1. The maximum Gasteiger partial charge on any atom is 0.0431 e. The van der Waals surface area contributed by atoms with E-state index in [2.05, 4.69) is 50.4 Å². The summed E-state index contributed by atoms with van der Waals surface area (Å²) in [6, 6.07) is 8.51. The van der Waals surface area contributed by atoms with Crippen molar-refractivity contribution in [3.63, 3.8) is 0 Å². The molecule has 0 unspecified atom stereocenters. The van der Waals surface area contributed by atoms with Gasteiger partial charge in [0.05, 0.1) is 0 Å². The van der Waals surface area contributed by atoms with Crippen LogP contribution in [0.25, 0.3) is 0 Å². The van der Waals surface area contributed by atoms with Gasteiger partial charge in [0.15, 0.2) is 0 Å². The van der Waals surface area contributed by atoms with Crippen LogP contribution in [0, 0.1) is 0 Å². The van der Waals surface area contributed by atoms with Gasteiger partial charge in [-0.2, -0.15) is 0 Å². The molecule has 0 amide bonds. The smallest absolute Gasteiger partial charge is 0.0431 e. The summed E-state index contributed by atoms with van der Waals surface area (Å²) in [7, 11) is 0. The molecule has 0 aliphatic heterocycles. The molecule has 0 spiro atoms. The molecule has 96 valence electrons. The van der Waals surface area contributed by atoms with E-state index in [1.54, 1.807) is 0 Å². The zero-order chi connectivity index (χ0) is 12.7. The first-order chi connectivity index (χ1) is 8.05. The Labute approximate surface area is 105 Å². The summed E-state index contributed by atoms with van der Waals surface area (Å²) in [4.78, 5) is 0. The number of hydrogen-bond acceptors (Lipinski definition) is 2. The summed E-state index contributed by atoms with van der Waals surface area (Å²) < 4.78 is 0. The Morgan fingerprint density at radius 3 is 2.41 bits per heavy atom. The number of para-hydroxylation sites is 1. The van der Waals surface area contributed by atoms with Gasteiger partial charge in [0, 0.05) is 18.8 Å². The second kappa shape index (κ2) is 6.65. The molecular weight excluding hydrogens is 210 g/mol. The van der Waals surface area contributed by atoms with Gasteiger partial charge in [0.1, 0.15) is 0 Å². The van der Waals surface area contributed by atoms with Gasteiger partial charge in [-0.05, 0) is 36.3 Å². The number of anilines is 1. The number of hydrogen-bond donors (Lipinski definition) is 2. The average Bonchev–Trinajstić information content (AvgIpc) is 2.28. The van der Waals surface area contributed by atoms with E-state index in [0.29, 0.717) is 6.61 Å². The molecule has 2 heteroatoms. The van der Waals surface area contributed by atoms with Crippen molar-refractivity contribution in [2.75, 3.05) is 18.5 Å². The fourth-order valence-corrected chi connectivity index (χ4v) is 1.93. The first-order valence-electron chi connectivity index (χ1n) is 6.50. The van der Waals surface area contributed by atoms with Gasteiger partial charge in [-0.15, -0.1) is 0 Å². The summed E-state index contributed by atoms with van der Waals surface area (Å²) in [5.74, 6) is 0. The zero-order valence-electron chi connectivity index (χ0n) is 11.3. The van der Waals surface area contributed by atoms with Crippen LogP contribution in [0.3, 0.4) is 0 Å². The lowest BCUT2D eigenvalue weighted by molar-refractivity contribution is 0.283. The number of unbranched alkanes of at least 4 members (excludes halogenated alkanes) is 2. The van der Waals surface area contributed by atoms with Crippen LogP contribution in [0.5, 0.6) is 0 Å². The molecule has 0 saturated carbocycles. The number of rotatable bonds is 6. The first kappa shape index (κ1) is 14.0. The van der Waals surface area contributed by atoms with Gasteiger partial charge in [-0.1, -0.05) is 39.0 Å². The van der Waals surface area contributed by atoms with E-state index in [9.17, 15) is 0 Å². The van der Waals surface area contributed by atoms with Gasteiger partial charge in [0.25, 0.3) is 0 Å². The number of aliphatic hydroxyl groups excluding tert-OH is 1. The summed E-state index contributed by atoms with van der Waals surface area (Å²) in [6.45, 7) is 7.99. The standard InChI is InChI=1S/C15H25NO/c1-15(2,3)13-9-5-6-10-14(13)16-11-7-4-8-12-17/h5-6,9-10,16-17H,4,7-8,11-12H2,1-3H3. The molecule has 0 aliphatic carbocycles. The summed E-state index contributed by atoms with van der Waals surface area (Å²) >= 11 is 0. The van der Waals surface area contributed by atoms with Gasteiger partial charge in [-0.3, -0.25) is 0 Å². The maximum atomic E-state index is 8.71. The molecule has 1 aromatic carbocycles. The van der Waals surface area contributed by atoms with E-state index in [0.717, 1.165) is 25.8 Å². The highest BCUT2D eigenvalue weighted by Gasteiger charge is 2.16. The normalized spacial score (nSPS) is 11.5. The molecule has 0 saturated heterocycles. The molecule has 17 heavy (non-hydrogen) atoms. The van der Waals surface area contributed by atoms with Crippen molar-refractivity contribution in [2.45, 2.75) is 45.4 Å². The minimum Gasteiger partial charge on any atom is -0.396 e. The molecular formula is C15H25NO. The Balaban J connectivity index is 2.53. The number of nitrogens with one attached hydrogen (secondary N) is 1. The van der Waals surface area contributed by atoms with Crippen molar-refractivity contribution < 1.29 is 5.11 Å². The molecule has 0 aromatic heterocycles. The SMILES string of the molecule is CC(C)(C)c1ccccc1NCCCCCO. The van der Waals surface area contributed by atoms with Crippen LogP contribution in [-0.4, -0.2) is 18.3 Å². The molecule has 0 fully saturated rings. The van der Waals surface area contributed by atoms with Crippen LogP contribution in [0.15, 0.2) is 24.3 Å². The fourth-order valence-electron chi connectivity index (χ4n) is 1.93. The summed E-state index contributed by atoms with van der Waals surface area (Å²) in [6.07, 6.45) is 3.10. The van der Waals surface area contributed by atoms with Crippen LogP contribution in [0.4, 0.5) is 5.69 Å². The average molecular weight is 235 g/mol. The van der Waals surface area contributed by atoms with Crippen LogP contribution in [0.1, 0.15) is 45.6 Å². The third-order valence-corrected chi connectivity index (χ3v) is 2.89. The third kappa shape index (κ3) is 4.78. The third-order valence-electron chi connectivity index (χ3n) is 2.89. The Kier molecular flexibility index (Phi) is 5.49. The zero-order valence-corrected chi connectivity index (χ0v) is 11.3. The van der Waals surface area contributed by atoms with Gasteiger partial charge < -0.3 is 10.4 Å². The summed E-state index contributed by atoms with van der Waals surface area (Å²) in [5, 5.41) is 12.2. The number of aliphatic hydroxyl groups is 1. The molecule has 0 aliphatic rings. The van der Waals surface area contributed by atoms with Gasteiger partial charge >= 0.3 is 0 Å². The summed E-state index contributed by atoms with van der Waals surface area (Å²) in [5.41, 5.74) is 2.78. The van der Waals surface area contributed by atoms with Crippen molar-refractivity contribution in [1.29, 1.82) is 0 Å². The maximum absolute atomic E-state index is 8.71. The Hall–Kier alpha value is -1.02. The predicted molar refractivity (Wildman–Crippen MR) is 74.6 cm³/mol. The van der Waals surface area contributed by atoms with E-state index in [1.165, 1.54) is 11.3 Å². The largest absolute Gasteiger partial charge is 0.396 e. The Bertz CT molecular complexity index is 328. The van der Waals surface area contributed by atoms with E-state index >= 15 is 0 Å². The van der Waals surface area contributed by atoms with E-state index in [4.69, 9.17) is 5.11 Å². The molecule has 2 nitrogen and oxygen atoms in total. The molecule has 2 N–H and O–H groups in total. The lowest BCUT2D eigenvalue weighted by Gasteiger charge is -2.23. The van der Waals surface area contributed by atoms with Crippen LogP contribution < -0.4 is 5.32 Å². The minimum atomic E-state index is 0.175. The van der Waals surface area contributed by atoms with Gasteiger partial charge in [-0.25, -0.2) is 0 Å². The highest BCUT2D eigenvalue weighted by molar-refractivity contribution is 5.54. The molecule has 1 rings (SSSR count). The molecule has 0 bridgehead atoms. The van der Waals surface area contributed by atoms with Crippen molar-refractivity contribution in [3.8, 4) is 0 Å². The Morgan fingerprint density at radius 2 is 1.76 bits per heavy atom. The molecule has 0 radical (unpaired) electrons. The van der Waals surface area contributed by atoms with E-state index in [-0.39, 0.29) is 5.41 Å². The van der Waals surface area contributed by atoms with Crippen molar-refractivity contribution in [1.82, 2.24) is 0 Å². The quantitative estimate of drug-likeness (QED) is 0.739. The van der Waals surface area contributed by atoms with Crippen molar-refractivity contribution >= 4 is 5.69 Å². The Morgan fingerprint density at radius 1 is 1.06 bits per heavy atom. The second-order valence-corrected chi connectivity index (χ2v) is 5.51. The van der Waals surface area contributed by atoms with Crippen LogP contribution in [-0.2, 0) is 5.41 Å². The van der Waals surface area contributed by atoms with Crippen LogP contribution in [0.2, 0.25) is 0 Å². The van der Waals surface area contributed by atoms with Crippen molar-refractivity contribution in [2.24, 2.45) is 0 Å². The minimum absolute atomic E-state index is 0.175. The van der Waals surface area contributed by atoms with Gasteiger partial charge in [0.2, 0.25) is 0 Å². The lowest BCUT2D eigenvalue weighted by atomic mass is 9.86. The van der Waals surface area contributed by atoms with E-state index < -0.39 is 0 Å². The van der Waals surface area contributed by atoms with Crippen LogP contribution >= 0.6 is 0 Å². The topological polar surface area (TPSA) is 32.3 Å². The fraction of sp³-hybridized carbons (Fsp3) is 0.600. The first-order valence-corrected chi connectivity index (χ1v) is 6.50. The highest BCUT2D eigenvalue weighted by Crippen LogP contribution is 2.29. The molecule has 0 heterocycles.